The van der Waals surface area contributed by atoms with Crippen molar-refractivity contribution in [3.05, 3.63) is 0 Å². The second-order valence-electron chi connectivity index (χ2n) is 8.03. The largest absolute Gasteiger partial charge is 0.377 e. The second-order valence-corrected chi connectivity index (χ2v) is 9.83. The SMILES string of the molecule is CN=C(NC1C2CCOC2C12CCC2)N1CCSC(C)(C)C1.I. The highest BCUT2D eigenvalue weighted by Gasteiger charge is 2.66. The summed E-state index contributed by atoms with van der Waals surface area (Å²) in [5, 5.41) is 3.86. The van der Waals surface area contributed by atoms with Crippen LogP contribution < -0.4 is 5.32 Å². The zero-order valence-corrected chi connectivity index (χ0v) is 17.7. The van der Waals surface area contributed by atoms with E-state index in [1.54, 1.807) is 0 Å². The van der Waals surface area contributed by atoms with Gasteiger partial charge in [-0.15, -0.1) is 24.0 Å². The lowest BCUT2D eigenvalue weighted by Crippen LogP contribution is -2.73. The zero-order chi connectivity index (χ0) is 15.4. The van der Waals surface area contributed by atoms with Gasteiger partial charge in [-0.25, -0.2) is 0 Å². The van der Waals surface area contributed by atoms with Gasteiger partial charge in [0.15, 0.2) is 5.96 Å². The van der Waals surface area contributed by atoms with Crippen LogP contribution in [0.5, 0.6) is 0 Å². The van der Waals surface area contributed by atoms with Crippen LogP contribution in [0.25, 0.3) is 0 Å². The summed E-state index contributed by atoms with van der Waals surface area (Å²) < 4.78 is 6.36. The molecule has 2 saturated heterocycles. The van der Waals surface area contributed by atoms with E-state index >= 15 is 0 Å². The van der Waals surface area contributed by atoms with E-state index in [-0.39, 0.29) is 24.0 Å². The van der Waals surface area contributed by atoms with Crippen LogP contribution in [0.4, 0.5) is 0 Å². The highest BCUT2D eigenvalue weighted by molar-refractivity contribution is 14.0. The van der Waals surface area contributed by atoms with Crippen molar-refractivity contribution in [1.82, 2.24) is 10.2 Å². The number of guanidine groups is 1. The molecule has 132 valence electrons. The van der Waals surface area contributed by atoms with Gasteiger partial charge in [-0.3, -0.25) is 4.99 Å². The molecule has 0 aromatic carbocycles. The Balaban J connectivity index is 0.00000156. The van der Waals surface area contributed by atoms with Crippen molar-refractivity contribution in [1.29, 1.82) is 0 Å². The van der Waals surface area contributed by atoms with Crippen molar-refractivity contribution in [2.45, 2.75) is 56.4 Å². The average Bonchev–Trinajstić information content (AvgIpc) is 2.82. The first-order valence-corrected chi connectivity index (χ1v) is 9.78. The quantitative estimate of drug-likeness (QED) is 0.378. The first-order chi connectivity index (χ1) is 10.6. The predicted octanol–water partition coefficient (Wildman–Crippen LogP) is 2.96. The van der Waals surface area contributed by atoms with E-state index < -0.39 is 0 Å². The number of thioether (sulfide) groups is 1. The molecule has 0 aromatic rings. The van der Waals surface area contributed by atoms with Crippen LogP contribution in [-0.2, 0) is 4.74 Å². The number of rotatable bonds is 1. The Labute approximate surface area is 161 Å². The minimum Gasteiger partial charge on any atom is -0.377 e. The highest BCUT2D eigenvalue weighted by Crippen LogP contribution is 2.62. The molecule has 1 N–H and O–H groups in total. The van der Waals surface area contributed by atoms with Crippen LogP contribution in [0.1, 0.15) is 39.5 Å². The zero-order valence-electron chi connectivity index (χ0n) is 14.5. The number of hydrogen-bond donors (Lipinski definition) is 1. The number of hydrogen-bond acceptors (Lipinski definition) is 3. The fourth-order valence-electron chi connectivity index (χ4n) is 5.09. The Morgan fingerprint density at radius 2 is 2.13 bits per heavy atom. The fraction of sp³-hybridized carbons (Fsp3) is 0.941. The van der Waals surface area contributed by atoms with Crippen molar-refractivity contribution in [3.8, 4) is 0 Å². The second kappa shape index (κ2) is 6.56. The molecule has 0 radical (unpaired) electrons. The van der Waals surface area contributed by atoms with Crippen molar-refractivity contribution in [2.75, 3.05) is 32.5 Å². The maximum Gasteiger partial charge on any atom is 0.193 e. The summed E-state index contributed by atoms with van der Waals surface area (Å²) in [6, 6.07) is 0.588. The lowest BCUT2D eigenvalue weighted by Gasteiger charge is -2.63. The Hall–Kier alpha value is 0.310. The molecule has 1 spiro atoms. The van der Waals surface area contributed by atoms with Crippen LogP contribution in [0, 0.1) is 11.3 Å². The molecule has 4 nitrogen and oxygen atoms in total. The Bertz CT molecular complexity index is 480. The van der Waals surface area contributed by atoms with Crippen molar-refractivity contribution in [2.24, 2.45) is 16.3 Å². The molecule has 3 unspecified atom stereocenters. The summed E-state index contributed by atoms with van der Waals surface area (Å²) >= 11 is 2.08. The van der Waals surface area contributed by atoms with Gasteiger partial charge in [-0.05, 0) is 33.1 Å². The summed E-state index contributed by atoms with van der Waals surface area (Å²) in [7, 11) is 1.94. The Kier molecular flexibility index (Phi) is 5.16. The normalized spacial score (nSPS) is 37.4. The number of ether oxygens (including phenoxy) is 1. The van der Waals surface area contributed by atoms with Crippen molar-refractivity contribution in [3.63, 3.8) is 0 Å². The van der Waals surface area contributed by atoms with Crippen molar-refractivity contribution < 1.29 is 4.74 Å². The molecular formula is C17H30IN3OS. The van der Waals surface area contributed by atoms with Gasteiger partial charge < -0.3 is 15.0 Å². The van der Waals surface area contributed by atoms with Gasteiger partial charge >= 0.3 is 0 Å². The number of halogens is 1. The van der Waals surface area contributed by atoms with E-state index in [4.69, 9.17) is 4.74 Å². The molecule has 0 amide bonds. The molecule has 3 atom stereocenters. The standard InChI is InChI=1S/C17H29N3OS.HI/c1-16(2)11-20(8-10-22-16)15(18-3)19-13-12-5-9-21-14(12)17(13)6-4-7-17;/h12-14H,4-11H2,1-3H3,(H,18,19);1H. The molecule has 2 heterocycles. The molecule has 4 rings (SSSR count). The number of nitrogens with one attached hydrogen (secondary N) is 1. The molecule has 0 bridgehead atoms. The van der Waals surface area contributed by atoms with Crippen LogP contribution in [0.3, 0.4) is 0 Å². The van der Waals surface area contributed by atoms with Gasteiger partial charge in [-0.2, -0.15) is 11.8 Å². The van der Waals surface area contributed by atoms with Crippen LogP contribution in [0.15, 0.2) is 4.99 Å². The number of aliphatic imine (C=N–C) groups is 1. The minimum absolute atomic E-state index is 0. The molecule has 2 saturated carbocycles. The Morgan fingerprint density at radius 3 is 2.74 bits per heavy atom. The monoisotopic (exact) mass is 451 g/mol. The molecule has 6 heteroatoms. The summed E-state index contributed by atoms with van der Waals surface area (Å²) in [5.41, 5.74) is 0.428. The Morgan fingerprint density at radius 1 is 1.35 bits per heavy atom. The van der Waals surface area contributed by atoms with Crippen LogP contribution in [-0.4, -0.2) is 60.2 Å². The molecule has 4 aliphatic rings. The molecular weight excluding hydrogens is 421 g/mol. The number of fused-ring (bicyclic) bond motifs is 2. The fourth-order valence-corrected chi connectivity index (χ4v) is 6.20. The summed E-state index contributed by atoms with van der Waals surface area (Å²) in [6.07, 6.45) is 5.80. The van der Waals surface area contributed by atoms with Crippen molar-refractivity contribution >= 4 is 41.7 Å². The molecule has 0 aromatic heterocycles. The smallest absolute Gasteiger partial charge is 0.193 e. The third-order valence-electron chi connectivity index (χ3n) is 6.26. The van der Waals surface area contributed by atoms with E-state index in [1.807, 2.05) is 7.05 Å². The van der Waals surface area contributed by atoms with Gasteiger partial charge in [0.05, 0.1) is 6.10 Å². The maximum absolute atomic E-state index is 6.04. The lowest BCUT2D eigenvalue weighted by molar-refractivity contribution is -0.171. The van der Waals surface area contributed by atoms with E-state index in [0.29, 0.717) is 28.2 Å². The predicted molar refractivity (Wildman–Crippen MR) is 108 cm³/mol. The highest BCUT2D eigenvalue weighted by atomic mass is 127. The van der Waals surface area contributed by atoms with Crippen LogP contribution >= 0.6 is 35.7 Å². The average molecular weight is 451 g/mol. The van der Waals surface area contributed by atoms with Gasteiger partial charge in [0.25, 0.3) is 0 Å². The molecule has 4 fully saturated rings. The lowest BCUT2D eigenvalue weighted by atomic mass is 9.46. The molecule has 23 heavy (non-hydrogen) atoms. The summed E-state index contributed by atoms with van der Waals surface area (Å²) in [6.45, 7) is 7.84. The summed E-state index contributed by atoms with van der Waals surface area (Å²) in [4.78, 5) is 7.08. The maximum atomic E-state index is 6.04. The van der Waals surface area contributed by atoms with Crippen LogP contribution in [0.2, 0.25) is 0 Å². The molecule has 2 aliphatic carbocycles. The minimum atomic E-state index is 0. The van der Waals surface area contributed by atoms with E-state index in [1.165, 1.54) is 31.4 Å². The molecule has 2 aliphatic heterocycles. The topological polar surface area (TPSA) is 36.9 Å². The number of nitrogens with zero attached hydrogens (tertiary/aromatic N) is 2. The first-order valence-electron chi connectivity index (χ1n) is 8.80. The van der Waals surface area contributed by atoms with E-state index in [9.17, 15) is 0 Å². The third-order valence-corrected chi connectivity index (χ3v) is 7.55. The third kappa shape index (κ3) is 2.90. The van der Waals surface area contributed by atoms with Gasteiger partial charge in [0, 0.05) is 54.6 Å². The van der Waals surface area contributed by atoms with E-state index in [2.05, 4.69) is 40.8 Å². The van der Waals surface area contributed by atoms with Gasteiger partial charge in [-0.1, -0.05) is 6.42 Å². The summed E-state index contributed by atoms with van der Waals surface area (Å²) in [5.74, 6) is 3.03. The van der Waals surface area contributed by atoms with Gasteiger partial charge in [0.2, 0.25) is 0 Å². The first kappa shape index (κ1) is 18.1. The van der Waals surface area contributed by atoms with E-state index in [0.717, 1.165) is 25.7 Å². The van der Waals surface area contributed by atoms with Gasteiger partial charge in [0.1, 0.15) is 0 Å².